The first kappa shape index (κ1) is 16.2. The fourth-order valence-electron chi connectivity index (χ4n) is 3.14. The van der Waals surface area contributed by atoms with E-state index in [0.717, 1.165) is 18.5 Å². The lowest BCUT2D eigenvalue weighted by Crippen LogP contribution is -2.51. The standard InChI is InChI=1S/C17H27FN2O/c1-11-10-20(4)12(2)8-16(11)19-13(3)14-6-7-17(21-5)15(18)9-14/h6-7,9,11-13,16,19H,8,10H2,1-5H3. The Morgan fingerprint density at radius 2 is 2.10 bits per heavy atom. The molecule has 1 fully saturated rings. The first-order valence-electron chi connectivity index (χ1n) is 7.72. The van der Waals surface area contributed by atoms with Gasteiger partial charge in [-0.25, -0.2) is 4.39 Å². The Labute approximate surface area is 127 Å². The maximum Gasteiger partial charge on any atom is 0.165 e. The lowest BCUT2D eigenvalue weighted by Gasteiger charge is -2.41. The SMILES string of the molecule is COc1ccc(C(C)NC2CC(C)N(C)CC2C)cc1F. The van der Waals surface area contributed by atoms with E-state index in [2.05, 4.69) is 38.0 Å². The van der Waals surface area contributed by atoms with E-state index < -0.39 is 0 Å². The predicted molar refractivity (Wildman–Crippen MR) is 84.2 cm³/mol. The smallest absolute Gasteiger partial charge is 0.165 e. The van der Waals surface area contributed by atoms with Crippen LogP contribution in [0.25, 0.3) is 0 Å². The van der Waals surface area contributed by atoms with Crippen LogP contribution in [0.15, 0.2) is 18.2 Å². The molecule has 0 amide bonds. The zero-order chi connectivity index (χ0) is 15.6. The van der Waals surface area contributed by atoms with Crippen molar-refractivity contribution in [1.82, 2.24) is 10.2 Å². The Bertz CT molecular complexity index is 480. The molecule has 1 aliphatic heterocycles. The van der Waals surface area contributed by atoms with Crippen molar-refractivity contribution in [1.29, 1.82) is 0 Å². The second-order valence-corrected chi connectivity index (χ2v) is 6.39. The van der Waals surface area contributed by atoms with Crippen molar-refractivity contribution in [2.45, 2.75) is 45.3 Å². The molecule has 1 aromatic rings. The molecule has 0 radical (unpaired) electrons. The van der Waals surface area contributed by atoms with Crippen LogP contribution < -0.4 is 10.1 Å². The molecular formula is C17H27FN2O. The molecule has 0 aliphatic carbocycles. The summed E-state index contributed by atoms with van der Waals surface area (Å²) in [5.41, 5.74) is 0.965. The van der Waals surface area contributed by atoms with Crippen LogP contribution in [0.1, 0.15) is 38.8 Å². The average Bonchev–Trinajstić information content (AvgIpc) is 2.44. The summed E-state index contributed by atoms with van der Waals surface area (Å²) in [4.78, 5) is 2.40. The zero-order valence-corrected chi connectivity index (χ0v) is 13.7. The molecular weight excluding hydrogens is 267 g/mol. The number of piperidine rings is 1. The van der Waals surface area contributed by atoms with E-state index in [4.69, 9.17) is 4.74 Å². The fourth-order valence-corrected chi connectivity index (χ4v) is 3.14. The molecule has 1 aliphatic rings. The Morgan fingerprint density at radius 3 is 2.71 bits per heavy atom. The number of hydrogen-bond donors (Lipinski definition) is 1. The lowest BCUT2D eigenvalue weighted by atomic mass is 9.89. The average molecular weight is 294 g/mol. The highest BCUT2D eigenvalue weighted by atomic mass is 19.1. The number of halogens is 1. The summed E-state index contributed by atoms with van der Waals surface area (Å²) in [6, 6.07) is 6.38. The van der Waals surface area contributed by atoms with Crippen molar-refractivity contribution in [3.8, 4) is 5.75 Å². The van der Waals surface area contributed by atoms with Gasteiger partial charge in [0.25, 0.3) is 0 Å². The van der Waals surface area contributed by atoms with Gasteiger partial charge >= 0.3 is 0 Å². The van der Waals surface area contributed by atoms with E-state index >= 15 is 0 Å². The summed E-state index contributed by atoms with van der Waals surface area (Å²) < 4.78 is 18.8. The largest absolute Gasteiger partial charge is 0.494 e. The Kier molecular flexibility index (Phi) is 5.22. The van der Waals surface area contributed by atoms with E-state index in [9.17, 15) is 4.39 Å². The fraction of sp³-hybridized carbons (Fsp3) is 0.647. The first-order valence-corrected chi connectivity index (χ1v) is 7.72. The molecule has 4 heteroatoms. The van der Waals surface area contributed by atoms with Gasteiger partial charge in [0, 0.05) is 24.7 Å². The van der Waals surface area contributed by atoms with Gasteiger partial charge in [-0.1, -0.05) is 13.0 Å². The molecule has 4 atom stereocenters. The van der Waals surface area contributed by atoms with Crippen molar-refractivity contribution in [3.05, 3.63) is 29.6 Å². The van der Waals surface area contributed by atoms with Crippen LogP contribution >= 0.6 is 0 Å². The molecule has 0 aromatic heterocycles. The van der Waals surface area contributed by atoms with Crippen LogP contribution in [0.5, 0.6) is 5.75 Å². The molecule has 0 bridgehead atoms. The van der Waals surface area contributed by atoms with Crippen molar-refractivity contribution in [3.63, 3.8) is 0 Å². The second-order valence-electron chi connectivity index (χ2n) is 6.39. The minimum atomic E-state index is -0.298. The lowest BCUT2D eigenvalue weighted by molar-refractivity contribution is 0.116. The van der Waals surface area contributed by atoms with E-state index in [1.54, 1.807) is 12.1 Å². The summed E-state index contributed by atoms with van der Waals surface area (Å²) in [7, 11) is 3.67. The van der Waals surface area contributed by atoms with Crippen molar-refractivity contribution < 1.29 is 9.13 Å². The normalized spacial score (nSPS) is 28.4. The maximum atomic E-state index is 13.8. The highest BCUT2D eigenvalue weighted by molar-refractivity contribution is 5.30. The Hall–Kier alpha value is -1.13. The first-order chi connectivity index (χ1) is 9.92. The van der Waals surface area contributed by atoms with Crippen LogP contribution in [0, 0.1) is 11.7 Å². The van der Waals surface area contributed by atoms with Gasteiger partial charge in [0.05, 0.1) is 7.11 Å². The molecule has 1 saturated heterocycles. The van der Waals surface area contributed by atoms with Gasteiger partial charge in [-0.15, -0.1) is 0 Å². The third-order valence-electron chi connectivity index (χ3n) is 4.75. The summed E-state index contributed by atoms with van der Waals surface area (Å²) in [5, 5.41) is 3.67. The molecule has 4 unspecified atom stereocenters. The van der Waals surface area contributed by atoms with E-state index in [1.165, 1.54) is 7.11 Å². The van der Waals surface area contributed by atoms with Crippen molar-refractivity contribution in [2.75, 3.05) is 20.7 Å². The second kappa shape index (κ2) is 6.75. The van der Waals surface area contributed by atoms with E-state index in [-0.39, 0.29) is 11.9 Å². The van der Waals surface area contributed by atoms with E-state index in [1.807, 2.05) is 6.07 Å². The predicted octanol–water partition coefficient (Wildman–Crippen LogP) is 3.21. The number of hydrogen-bond acceptors (Lipinski definition) is 3. The number of methoxy groups -OCH3 is 1. The number of nitrogens with zero attached hydrogens (tertiary/aromatic N) is 1. The summed E-state index contributed by atoms with van der Waals surface area (Å²) >= 11 is 0. The number of nitrogens with one attached hydrogen (secondary N) is 1. The zero-order valence-electron chi connectivity index (χ0n) is 13.7. The third-order valence-corrected chi connectivity index (χ3v) is 4.75. The molecule has 1 heterocycles. The highest BCUT2D eigenvalue weighted by Gasteiger charge is 2.29. The molecule has 118 valence electrons. The maximum absolute atomic E-state index is 13.8. The molecule has 2 rings (SSSR count). The van der Waals surface area contributed by atoms with Crippen molar-refractivity contribution in [2.24, 2.45) is 5.92 Å². The third kappa shape index (κ3) is 3.74. The van der Waals surface area contributed by atoms with Gasteiger partial charge in [-0.3, -0.25) is 0 Å². The number of rotatable bonds is 4. The minimum absolute atomic E-state index is 0.133. The minimum Gasteiger partial charge on any atom is -0.494 e. The Balaban J connectivity index is 2.03. The number of ether oxygens (including phenoxy) is 1. The molecule has 1 N–H and O–H groups in total. The van der Waals surface area contributed by atoms with Gasteiger partial charge in [0.15, 0.2) is 11.6 Å². The van der Waals surface area contributed by atoms with Gasteiger partial charge in [-0.05, 0) is 50.9 Å². The molecule has 0 spiro atoms. The summed E-state index contributed by atoms with van der Waals surface area (Å²) in [5.74, 6) is 0.595. The summed E-state index contributed by atoms with van der Waals surface area (Å²) in [6.45, 7) is 7.74. The molecule has 0 saturated carbocycles. The molecule has 3 nitrogen and oxygen atoms in total. The van der Waals surface area contributed by atoms with Gasteiger partial charge in [0.1, 0.15) is 0 Å². The van der Waals surface area contributed by atoms with Gasteiger partial charge in [0.2, 0.25) is 0 Å². The van der Waals surface area contributed by atoms with Gasteiger partial charge < -0.3 is 15.0 Å². The van der Waals surface area contributed by atoms with E-state index in [0.29, 0.717) is 23.8 Å². The molecule has 1 aromatic carbocycles. The van der Waals surface area contributed by atoms with Crippen molar-refractivity contribution >= 4 is 0 Å². The number of benzene rings is 1. The summed E-state index contributed by atoms with van der Waals surface area (Å²) in [6.07, 6.45) is 1.13. The van der Waals surface area contributed by atoms with Crippen LogP contribution in [0.4, 0.5) is 4.39 Å². The highest BCUT2D eigenvalue weighted by Crippen LogP contribution is 2.26. The van der Waals surface area contributed by atoms with Crippen LogP contribution in [0.2, 0.25) is 0 Å². The quantitative estimate of drug-likeness (QED) is 0.923. The topological polar surface area (TPSA) is 24.5 Å². The van der Waals surface area contributed by atoms with Gasteiger partial charge in [-0.2, -0.15) is 0 Å². The van der Waals surface area contributed by atoms with Crippen LogP contribution in [-0.2, 0) is 0 Å². The van der Waals surface area contributed by atoms with Crippen LogP contribution in [0.3, 0.4) is 0 Å². The molecule has 21 heavy (non-hydrogen) atoms. The number of likely N-dealkylation sites (tertiary alicyclic amines) is 1. The monoisotopic (exact) mass is 294 g/mol. The van der Waals surface area contributed by atoms with Crippen LogP contribution in [-0.4, -0.2) is 37.7 Å². The Morgan fingerprint density at radius 1 is 1.38 bits per heavy atom.